The summed E-state index contributed by atoms with van der Waals surface area (Å²) in [5.74, 6) is 0.464. The topological polar surface area (TPSA) is 34.1 Å². The van der Waals surface area contributed by atoms with Gasteiger partial charge in [-0.15, -0.1) is 0 Å². The van der Waals surface area contributed by atoms with Crippen molar-refractivity contribution in [2.45, 2.75) is 39.0 Å². The van der Waals surface area contributed by atoms with Gasteiger partial charge in [-0.1, -0.05) is 42.3 Å². The fraction of sp³-hybridized carbons (Fsp3) is 0.429. The maximum Gasteiger partial charge on any atom is 0.132 e. The van der Waals surface area contributed by atoms with Crippen LogP contribution < -0.4 is 0 Å². The maximum atomic E-state index is 10.5. The molecular weight excluding hydrogens is 200 g/mol. The van der Waals surface area contributed by atoms with Crippen molar-refractivity contribution in [1.82, 2.24) is 0 Å². The average molecular weight is 220 g/mol. The number of Topliss-reactive ketones (excluding diaryl/α,β-unsaturated/α-hetero) is 1. The predicted octanol–water partition coefficient (Wildman–Crippen LogP) is 3.33. The van der Waals surface area contributed by atoms with E-state index in [0.29, 0.717) is 5.78 Å². The maximum absolute atomic E-state index is 10.5. The van der Waals surface area contributed by atoms with E-state index < -0.39 is 0 Å². The molecule has 1 aromatic carbocycles. The molecule has 1 fully saturated rings. The van der Waals surface area contributed by atoms with Crippen molar-refractivity contribution in [2.75, 3.05) is 0 Å². The molecule has 0 saturated heterocycles. The lowest BCUT2D eigenvalue weighted by atomic mass is 10.00. The Kier molecular flexibility index (Phi) is 9.18. The van der Waals surface area contributed by atoms with Gasteiger partial charge in [-0.25, -0.2) is 0 Å². The molecule has 1 aliphatic carbocycles. The van der Waals surface area contributed by atoms with Gasteiger partial charge in [0, 0.05) is 12.8 Å². The standard InChI is InChI=1S/C7H8.C6H10O.CH2O/c1-7-5-3-2-4-6-7;7-6-4-2-1-3-5-6;1-2/h2-6H,1H3;1-5H2;1H2. The summed E-state index contributed by atoms with van der Waals surface area (Å²) in [5, 5.41) is 0. The van der Waals surface area contributed by atoms with E-state index in [1.165, 1.54) is 12.0 Å². The van der Waals surface area contributed by atoms with E-state index >= 15 is 0 Å². The molecule has 0 spiro atoms. The Morgan fingerprint density at radius 2 is 1.44 bits per heavy atom. The first-order valence-electron chi connectivity index (χ1n) is 5.61. The lowest BCUT2D eigenvalue weighted by molar-refractivity contribution is -0.120. The third-order valence-corrected chi connectivity index (χ3v) is 2.35. The van der Waals surface area contributed by atoms with Crippen LogP contribution in [0.1, 0.15) is 37.7 Å². The van der Waals surface area contributed by atoms with Crippen molar-refractivity contribution in [3.05, 3.63) is 35.9 Å². The van der Waals surface area contributed by atoms with Crippen LogP contribution in [0.15, 0.2) is 30.3 Å². The lowest BCUT2D eigenvalue weighted by Crippen LogP contribution is -2.02. The van der Waals surface area contributed by atoms with Crippen LogP contribution in [0.2, 0.25) is 0 Å². The fourth-order valence-electron chi connectivity index (χ4n) is 1.48. The van der Waals surface area contributed by atoms with E-state index in [-0.39, 0.29) is 0 Å². The highest BCUT2D eigenvalue weighted by Crippen LogP contribution is 2.12. The van der Waals surface area contributed by atoms with Gasteiger partial charge in [-0.05, 0) is 19.8 Å². The zero-order valence-electron chi connectivity index (χ0n) is 9.95. The van der Waals surface area contributed by atoms with Gasteiger partial charge in [-0.2, -0.15) is 0 Å². The average Bonchev–Trinajstić information content (AvgIpc) is 2.34. The van der Waals surface area contributed by atoms with Gasteiger partial charge in [0.1, 0.15) is 12.6 Å². The van der Waals surface area contributed by atoms with E-state index in [9.17, 15) is 4.79 Å². The largest absolute Gasteiger partial charge is 0.307 e. The highest BCUT2D eigenvalue weighted by Gasteiger charge is 2.05. The molecule has 0 N–H and O–H groups in total. The summed E-state index contributed by atoms with van der Waals surface area (Å²) >= 11 is 0. The third kappa shape index (κ3) is 7.92. The number of hydrogen-bond acceptors (Lipinski definition) is 2. The summed E-state index contributed by atoms with van der Waals surface area (Å²) in [7, 11) is 0. The van der Waals surface area contributed by atoms with Crippen LogP contribution >= 0.6 is 0 Å². The molecule has 0 aliphatic heterocycles. The van der Waals surface area contributed by atoms with E-state index in [2.05, 4.69) is 19.1 Å². The smallest absolute Gasteiger partial charge is 0.132 e. The Morgan fingerprint density at radius 3 is 1.69 bits per heavy atom. The summed E-state index contributed by atoms with van der Waals surface area (Å²) < 4.78 is 0. The van der Waals surface area contributed by atoms with Gasteiger partial charge in [0.25, 0.3) is 0 Å². The molecule has 2 nitrogen and oxygen atoms in total. The van der Waals surface area contributed by atoms with Crippen molar-refractivity contribution in [1.29, 1.82) is 0 Å². The molecule has 0 amide bonds. The second kappa shape index (κ2) is 10.1. The van der Waals surface area contributed by atoms with Crippen LogP contribution in [0, 0.1) is 6.92 Å². The van der Waals surface area contributed by atoms with Crippen LogP contribution in [-0.4, -0.2) is 12.6 Å². The first-order chi connectivity index (χ1) is 7.79. The third-order valence-electron chi connectivity index (χ3n) is 2.35. The number of carbonyl (C=O) groups is 2. The molecule has 0 bridgehead atoms. The summed E-state index contributed by atoms with van der Waals surface area (Å²) in [5.41, 5.74) is 1.32. The summed E-state index contributed by atoms with van der Waals surface area (Å²) in [6.45, 7) is 4.08. The quantitative estimate of drug-likeness (QED) is 0.672. The Bertz CT molecular complexity index is 272. The zero-order valence-corrected chi connectivity index (χ0v) is 9.95. The molecular formula is C14H20O2. The molecule has 88 valence electrons. The predicted molar refractivity (Wildman–Crippen MR) is 66.4 cm³/mol. The lowest BCUT2D eigenvalue weighted by Gasteiger charge is -2.05. The van der Waals surface area contributed by atoms with Gasteiger partial charge in [0.05, 0.1) is 0 Å². The summed E-state index contributed by atoms with van der Waals surface area (Å²) in [6, 6.07) is 10.3. The van der Waals surface area contributed by atoms with Crippen molar-refractivity contribution in [3.8, 4) is 0 Å². The van der Waals surface area contributed by atoms with E-state index in [0.717, 1.165) is 25.7 Å². The van der Waals surface area contributed by atoms with Crippen LogP contribution in [0.25, 0.3) is 0 Å². The van der Waals surface area contributed by atoms with Gasteiger partial charge in [-0.3, -0.25) is 4.79 Å². The van der Waals surface area contributed by atoms with Crippen molar-refractivity contribution in [3.63, 3.8) is 0 Å². The number of hydrogen-bond donors (Lipinski definition) is 0. The Labute approximate surface area is 97.7 Å². The Morgan fingerprint density at radius 1 is 0.938 bits per heavy atom. The van der Waals surface area contributed by atoms with Crippen LogP contribution in [0.4, 0.5) is 0 Å². The molecule has 2 heteroatoms. The van der Waals surface area contributed by atoms with Gasteiger partial charge in [0.2, 0.25) is 0 Å². The molecule has 2 rings (SSSR count). The molecule has 1 aromatic rings. The van der Waals surface area contributed by atoms with Crippen molar-refractivity contribution >= 4 is 12.6 Å². The van der Waals surface area contributed by atoms with Crippen LogP contribution in [-0.2, 0) is 9.59 Å². The number of benzene rings is 1. The number of ketones is 1. The summed E-state index contributed by atoms with van der Waals surface area (Å²) in [6.07, 6.45) is 5.24. The van der Waals surface area contributed by atoms with Gasteiger partial charge in [0.15, 0.2) is 0 Å². The molecule has 0 unspecified atom stereocenters. The van der Waals surface area contributed by atoms with E-state index in [4.69, 9.17) is 4.79 Å². The van der Waals surface area contributed by atoms with Crippen LogP contribution in [0.3, 0.4) is 0 Å². The van der Waals surface area contributed by atoms with E-state index in [1.54, 1.807) is 0 Å². The normalized spacial score (nSPS) is 13.9. The van der Waals surface area contributed by atoms with Crippen molar-refractivity contribution < 1.29 is 9.59 Å². The number of carbonyl (C=O) groups excluding carboxylic acids is 2. The summed E-state index contributed by atoms with van der Waals surface area (Å²) in [4.78, 5) is 18.5. The SMILES string of the molecule is C=O.Cc1ccccc1.O=C1CCCCC1. The molecule has 0 heterocycles. The van der Waals surface area contributed by atoms with Gasteiger partial charge < -0.3 is 4.79 Å². The van der Waals surface area contributed by atoms with Gasteiger partial charge >= 0.3 is 0 Å². The highest BCUT2D eigenvalue weighted by molar-refractivity contribution is 5.78. The van der Waals surface area contributed by atoms with E-state index in [1.807, 2.05) is 25.0 Å². The molecule has 0 radical (unpaired) electrons. The number of aryl methyl sites for hydroxylation is 1. The second-order valence-electron chi connectivity index (χ2n) is 3.75. The molecule has 16 heavy (non-hydrogen) atoms. The molecule has 1 aliphatic rings. The molecule has 0 atom stereocenters. The first-order valence-corrected chi connectivity index (χ1v) is 5.61. The minimum Gasteiger partial charge on any atom is -0.307 e. The monoisotopic (exact) mass is 220 g/mol. The minimum atomic E-state index is 0.464. The molecule has 1 saturated carbocycles. The first kappa shape index (κ1) is 14.6. The second-order valence-corrected chi connectivity index (χ2v) is 3.75. The molecule has 0 aromatic heterocycles. The minimum absolute atomic E-state index is 0.464. The number of rotatable bonds is 0. The van der Waals surface area contributed by atoms with Crippen LogP contribution in [0.5, 0.6) is 0 Å². The highest BCUT2D eigenvalue weighted by atomic mass is 16.1. The Hall–Kier alpha value is -1.44. The fourth-order valence-corrected chi connectivity index (χ4v) is 1.48. The van der Waals surface area contributed by atoms with Crippen molar-refractivity contribution in [2.24, 2.45) is 0 Å². The Balaban J connectivity index is 0.000000244. The zero-order chi connectivity index (χ0) is 12.2.